The number of hydrogen-bond acceptors (Lipinski definition) is 14. The maximum atomic E-state index is 12.1. The van der Waals surface area contributed by atoms with Gasteiger partial charge in [0.25, 0.3) is 0 Å². The molecule has 2 aliphatic heterocycles. The standard InChI is InChI=1S/C18H34N4O12/c19-7(2-1-3-22-17(20)21)15(29)31-5-9-10(25)14(28)18(6-24,33-9)34-13-8(4-23)32-16(30)12(27)11(13)26/h7-14,16,23-28,30H,1-6,19H2,(H4,20,21,22)/t7-,8+,9+,10+,11+,12+,13+,14-,16?,18-/m0/s1. The van der Waals surface area contributed by atoms with Gasteiger partial charge in [0.1, 0.15) is 62.0 Å². The smallest absolute Gasteiger partial charge is 0.323 e. The highest BCUT2D eigenvalue weighted by Gasteiger charge is 2.59. The summed E-state index contributed by atoms with van der Waals surface area (Å²) in [5, 5.41) is 69.9. The molecule has 0 aromatic carbocycles. The molecule has 0 saturated carbocycles. The fourth-order valence-electron chi connectivity index (χ4n) is 3.61. The van der Waals surface area contributed by atoms with Gasteiger partial charge in [-0.1, -0.05) is 0 Å². The third kappa shape index (κ3) is 6.49. The summed E-state index contributed by atoms with van der Waals surface area (Å²) in [5.74, 6) is -3.27. The van der Waals surface area contributed by atoms with Gasteiger partial charge >= 0.3 is 5.97 Å². The van der Waals surface area contributed by atoms with Crippen molar-refractivity contribution in [1.29, 1.82) is 0 Å². The Morgan fingerprint density at radius 3 is 2.32 bits per heavy atom. The third-order valence-electron chi connectivity index (χ3n) is 5.56. The highest BCUT2D eigenvalue weighted by atomic mass is 16.8. The van der Waals surface area contributed by atoms with Gasteiger partial charge in [0, 0.05) is 6.54 Å². The molecule has 0 aliphatic carbocycles. The van der Waals surface area contributed by atoms with Gasteiger partial charge < -0.3 is 71.9 Å². The molecule has 16 nitrogen and oxygen atoms in total. The Bertz CT molecular complexity index is 696. The van der Waals surface area contributed by atoms with Crippen molar-refractivity contribution in [3.8, 4) is 0 Å². The number of aliphatic hydroxyl groups excluding tert-OH is 7. The van der Waals surface area contributed by atoms with E-state index in [1.54, 1.807) is 0 Å². The van der Waals surface area contributed by atoms with Crippen LogP contribution in [-0.2, 0) is 23.7 Å². The number of hydrogen-bond donors (Lipinski definition) is 10. The van der Waals surface area contributed by atoms with Crippen LogP contribution in [0.1, 0.15) is 12.8 Å². The summed E-state index contributed by atoms with van der Waals surface area (Å²) in [7, 11) is 0. The summed E-state index contributed by atoms with van der Waals surface area (Å²) in [5.41, 5.74) is 16.1. The van der Waals surface area contributed by atoms with E-state index in [9.17, 15) is 40.5 Å². The van der Waals surface area contributed by atoms with Gasteiger partial charge in [0.2, 0.25) is 5.79 Å². The van der Waals surface area contributed by atoms with Gasteiger partial charge in [-0.3, -0.25) is 9.79 Å². The summed E-state index contributed by atoms with van der Waals surface area (Å²) in [6.07, 6.45) is -12.8. The molecule has 1 unspecified atom stereocenters. The van der Waals surface area contributed by atoms with Crippen LogP contribution in [0.25, 0.3) is 0 Å². The molecular formula is C18H34N4O12. The van der Waals surface area contributed by atoms with E-state index in [0.717, 1.165) is 0 Å². The van der Waals surface area contributed by atoms with Gasteiger partial charge in [-0.25, -0.2) is 0 Å². The van der Waals surface area contributed by atoms with Crippen molar-refractivity contribution in [2.45, 2.75) is 73.7 Å². The van der Waals surface area contributed by atoms with Crippen LogP contribution in [0.3, 0.4) is 0 Å². The number of aliphatic hydroxyl groups is 7. The lowest BCUT2D eigenvalue weighted by molar-refractivity contribution is -0.358. The third-order valence-corrected chi connectivity index (χ3v) is 5.56. The normalized spacial score (nSPS) is 38.9. The molecule has 198 valence electrons. The second-order valence-electron chi connectivity index (χ2n) is 8.06. The van der Waals surface area contributed by atoms with Gasteiger partial charge in [-0.2, -0.15) is 0 Å². The Hall–Kier alpha value is -1.70. The summed E-state index contributed by atoms with van der Waals surface area (Å²) in [6.45, 7) is -2.13. The fourth-order valence-corrected chi connectivity index (χ4v) is 3.61. The van der Waals surface area contributed by atoms with Crippen molar-refractivity contribution in [3.05, 3.63) is 0 Å². The first kappa shape index (κ1) is 28.5. The molecule has 16 heteroatoms. The quantitative estimate of drug-likeness (QED) is 0.0548. The summed E-state index contributed by atoms with van der Waals surface area (Å²) >= 11 is 0. The van der Waals surface area contributed by atoms with E-state index >= 15 is 0 Å². The minimum Gasteiger partial charge on any atom is -0.462 e. The van der Waals surface area contributed by atoms with Crippen molar-refractivity contribution < 1.29 is 59.5 Å². The van der Waals surface area contributed by atoms with E-state index in [1.165, 1.54) is 0 Å². The van der Waals surface area contributed by atoms with Crippen molar-refractivity contribution in [3.63, 3.8) is 0 Å². The molecule has 0 bridgehead atoms. The highest BCUT2D eigenvalue weighted by Crippen LogP contribution is 2.36. The van der Waals surface area contributed by atoms with Crippen molar-refractivity contribution >= 4 is 11.9 Å². The predicted molar refractivity (Wildman–Crippen MR) is 110 cm³/mol. The van der Waals surface area contributed by atoms with E-state index in [4.69, 9.17) is 36.1 Å². The van der Waals surface area contributed by atoms with Crippen LogP contribution in [0.2, 0.25) is 0 Å². The van der Waals surface area contributed by atoms with Crippen LogP contribution >= 0.6 is 0 Å². The molecular weight excluding hydrogens is 464 g/mol. The van der Waals surface area contributed by atoms with Crippen molar-refractivity contribution in [2.24, 2.45) is 22.2 Å². The van der Waals surface area contributed by atoms with E-state index in [2.05, 4.69) is 4.99 Å². The number of ether oxygens (including phenoxy) is 4. The molecule has 0 spiro atoms. The Morgan fingerprint density at radius 2 is 1.74 bits per heavy atom. The number of esters is 1. The first-order valence-corrected chi connectivity index (χ1v) is 10.6. The van der Waals surface area contributed by atoms with Crippen LogP contribution in [0, 0.1) is 0 Å². The van der Waals surface area contributed by atoms with Gasteiger partial charge in [-0.05, 0) is 12.8 Å². The van der Waals surface area contributed by atoms with Gasteiger partial charge in [-0.15, -0.1) is 0 Å². The molecule has 10 atom stereocenters. The van der Waals surface area contributed by atoms with Gasteiger partial charge in [0.05, 0.1) is 6.61 Å². The molecule has 2 saturated heterocycles. The Labute approximate surface area is 194 Å². The van der Waals surface area contributed by atoms with Crippen LogP contribution in [0.4, 0.5) is 0 Å². The van der Waals surface area contributed by atoms with Crippen LogP contribution in [0.15, 0.2) is 4.99 Å². The Kier molecular flexibility index (Phi) is 10.3. The number of nitrogens with two attached hydrogens (primary N) is 3. The highest BCUT2D eigenvalue weighted by molar-refractivity contribution is 5.76. The van der Waals surface area contributed by atoms with Crippen molar-refractivity contribution in [1.82, 2.24) is 0 Å². The van der Waals surface area contributed by atoms with E-state index in [1.807, 2.05) is 0 Å². The lowest BCUT2D eigenvalue weighted by Gasteiger charge is -2.44. The second kappa shape index (κ2) is 12.3. The maximum absolute atomic E-state index is 12.1. The molecule has 0 aromatic heterocycles. The number of aliphatic imine (C=N–C) groups is 1. The Balaban J connectivity index is 1.99. The molecule has 2 rings (SSSR count). The average molecular weight is 498 g/mol. The lowest BCUT2D eigenvalue weighted by atomic mass is 9.97. The summed E-state index contributed by atoms with van der Waals surface area (Å²) < 4.78 is 20.9. The number of carbonyl (C=O) groups is 1. The SMILES string of the molecule is NC(N)=NCCC[C@H](N)C(=O)OC[C@H]1O[C@@](CO)(O[C@H]2[C@H](O)[C@@H](O)C(O)O[C@@H]2CO)[C@@H](O)[C@@H]1O. The van der Waals surface area contributed by atoms with Crippen LogP contribution in [0.5, 0.6) is 0 Å². The summed E-state index contributed by atoms with van der Waals surface area (Å²) in [4.78, 5) is 15.9. The minimum absolute atomic E-state index is 0.0973. The summed E-state index contributed by atoms with van der Waals surface area (Å²) in [6, 6.07) is -1.02. The molecule has 2 fully saturated rings. The number of guanidine groups is 1. The zero-order valence-corrected chi connectivity index (χ0v) is 18.3. The van der Waals surface area contributed by atoms with E-state index in [-0.39, 0.29) is 18.9 Å². The topological polar surface area (TPSA) is 286 Å². The largest absolute Gasteiger partial charge is 0.462 e. The number of rotatable bonds is 11. The average Bonchev–Trinajstić information content (AvgIpc) is 3.05. The first-order chi connectivity index (χ1) is 16.0. The van der Waals surface area contributed by atoms with Crippen LogP contribution < -0.4 is 17.2 Å². The molecule has 0 radical (unpaired) electrons. The molecule has 0 aromatic rings. The lowest BCUT2D eigenvalue weighted by Crippen LogP contribution is -2.63. The molecule has 0 amide bonds. The minimum atomic E-state index is -2.34. The molecule has 2 aliphatic rings. The molecule has 13 N–H and O–H groups in total. The van der Waals surface area contributed by atoms with E-state index < -0.39 is 86.6 Å². The fraction of sp³-hybridized carbons (Fsp3) is 0.889. The maximum Gasteiger partial charge on any atom is 0.323 e. The van der Waals surface area contributed by atoms with E-state index in [0.29, 0.717) is 6.42 Å². The Morgan fingerprint density at radius 1 is 1.06 bits per heavy atom. The monoisotopic (exact) mass is 498 g/mol. The number of carbonyl (C=O) groups excluding carboxylic acids is 1. The van der Waals surface area contributed by atoms with Crippen LogP contribution in [-0.4, -0.2) is 135 Å². The first-order valence-electron chi connectivity index (χ1n) is 10.6. The number of nitrogens with zero attached hydrogens (tertiary/aromatic N) is 1. The zero-order valence-electron chi connectivity index (χ0n) is 18.3. The molecule has 34 heavy (non-hydrogen) atoms. The predicted octanol–water partition coefficient (Wildman–Crippen LogP) is -6.46. The van der Waals surface area contributed by atoms with Crippen molar-refractivity contribution in [2.75, 3.05) is 26.4 Å². The zero-order chi connectivity index (χ0) is 25.6. The second-order valence-corrected chi connectivity index (χ2v) is 8.06. The molecule has 2 heterocycles. The van der Waals surface area contributed by atoms with Gasteiger partial charge in [0.15, 0.2) is 12.2 Å².